The first kappa shape index (κ1) is 16.7. The molecular weight excluding hydrogens is 352 g/mol. The van der Waals surface area contributed by atoms with Gasteiger partial charge in [0, 0.05) is 12.3 Å². The number of para-hydroxylation sites is 2. The van der Waals surface area contributed by atoms with Gasteiger partial charge in [-0.05, 0) is 12.1 Å². The number of nitrogens with one attached hydrogen (secondary N) is 2. The average Bonchev–Trinajstić information content (AvgIpc) is 3.17. The zero-order chi connectivity index (χ0) is 16.9. The first-order valence-electron chi connectivity index (χ1n) is 7.09. The number of oxazole rings is 1. The Morgan fingerprint density at radius 1 is 1.29 bits per heavy atom. The number of nitrogens with zero attached hydrogens (tertiary/aromatic N) is 2. The van der Waals surface area contributed by atoms with E-state index in [9.17, 15) is 14.4 Å². The Bertz CT molecular complexity index is 746. The van der Waals surface area contributed by atoms with Crippen LogP contribution in [0.3, 0.4) is 0 Å². The SMILES string of the molecule is O=C(CSc1nc2ccccc2o1)NNC(=O)CN1CCSC1=O. The fourth-order valence-corrected chi connectivity index (χ4v) is 3.46. The summed E-state index contributed by atoms with van der Waals surface area (Å²) in [6.07, 6.45) is 0. The van der Waals surface area contributed by atoms with Crippen LogP contribution < -0.4 is 10.9 Å². The Hall–Kier alpha value is -2.20. The van der Waals surface area contributed by atoms with Crippen molar-refractivity contribution in [3.8, 4) is 0 Å². The van der Waals surface area contributed by atoms with E-state index in [2.05, 4.69) is 15.8 Å². The lowest BCUT2D eigenvalue weighted by molar-refractivity contribution is -0.127. The topological polar surface area (TPSA) is 105 Å². The molecule has 1 fully saturated rings. The highest BCUT2D eigenvalue weighted by Gasteiger charge is 2.23. The largest absolute Gasteiger partial charge is 0.431 e. The smallest absolute Gasteiger partial charge is 0.282 e. The van der Waals surface area contributed by atoms with Crippen molar-refractivity contribution < 1.29 is 18.8 Å². The van der Waals surface area contributed by atoms with Gasteiger partial charge in [0.1, 0.15) is 12.1 Å². The van der Waals surface area contributed by atoms with Gasteiger partial charge in [-0.1, -0.05) is 35.7 Å². The van der Waals surface area contributed by atoms with E-state index in [-0.39, 0.29) is 17.5 Å². The molecule has 3 amide bonds. The summed E-state index contributed by atoms with van der Waals surface area (Å²) in [6.45, 7) is 0.475. The van der Waals surface area contributed by atoms with Gasteiger partial charge in [0.15, 0.2) is 5.58 Å². The Morgan fingerprint density at radius 3 is 2.83 bits per heavy atom. The molecule has 1 aliphatic heterocycles. The molecule has 2 heterocycles. The summed E-state index contributed by atoms with van der Waals surface area (Å²) in [7, 11) is 0. The zero-order valence-electron chi connectivity index (χ0n) is 12.5. The van der Waals surface area contributed by atoms with Gasteiger partial charge >= 0.3 is 0 Å². The van der Waals surface area contributed by atoms with Gasteiger partial charge in [0.2, 0.25) is 5.91 Å². The molecule has 10 heteroatoms. The molecule has 2 aromatic rings. The van der Waals surface area contributed by atoms with Crippen LogP contribution in [0.1, 0.15) is 0 Å². The molecule has 0 spiro atoms. The van der Waals surface area contributed by atoms with Crippen molar-refractivity contribution in [1.29, 1.82) is 0 Å². The second-order valence-corrected chi connectivity index (χ2v) is 6.84. The monoisotopic (exact) mass is 366 g/mol. The molecule has 1 aromatic carbocycles. The van der Waals surface area contributed by atoms with E-state index in [1.165, 1.54) is 16.7 Å². The van der Waals surface area contributed by atoms with Crippen molar-refractivity contribution in [1.82, 2.24) is 20.7 Å². The van der Waals surface area contributed by atoms with Crippen molar-refractivity contribution >= 4 is 51.7 Å². The van der Waals surface area contributed by atoms with Crippen LogP contribution in [0.5, 0.6) is 0 Å². The van der Waals surface area contributed by atoms with E-state index in [0.717, 1.165) is 17.3 Å². The lowest BCUT2D eigenvalue weighted by Gasteiger charge is -2.14. The van der Waals surface area contributed by atoms with Gasteiger partial charge in [0.05, 0.1) is 5.75 Å². The molecule has 126 valence electrons. The molecule has 1 saturated heterocycles. The third-order valence-corrected chi connectivity index (χ3v) is 4.84. The van der Waals surface area contributed by atoms with E-state index in [0.29, 0.717) is 23.1 Å². The number of carbonyl (C=O) groups excluding carboxylic acids is 3. The maximum absolute atomic E-state index is 11.7. The summed E-state index contributed by atoms with van der Waals surface area (Å²) in [4.78, 5) is 40.5. The summed E-state index contributed by atoms with van der Waals surface area (Å²) < 4.78 is 5.48. The lowest BCUT2D eigenvalue weighted by Crippen LogP contribution is -2.47. The summed E-state index contributed by atoms with van der Waals surface area (Å²) in [5.41, 5.74) is 5.97. The third kappa shape index (κ3) is 4.20. The molecule has 0 bridgehead atoms. The van der Waals surface area contributed by atoms with E-state index < -0.39 is 11.8 Å². The number of hydrogen-bond acceptors (Lipinski definition) is 7. The number of hydrogen-bond donors (Lipinski definition) is 2. The predicted molar refractivity (Wildman–Crippen MR) is 90.4 cm³/mol. The van der Waals surface area contributed by atoms with Crippen LogP contribution in [0.25, 0.3) is 11.1 Å². The molecule has 0 atom stereocenters. The molecule has 0 radical (unpaired) electrons. The standard InChI is InChI=1S/C14H14N4O4S2/c19-11(7-18-5-6-23-14(18)21)16-17-12(20)8-24-13-15-9-3-1-2-4-10(9)22-13/h1-4H,5-8H2,(H,16,19)(H,17,20). The lowest BCUT2D eigenvalue weighted by atomic mass is 10.3. The first-order valence-corrected chi connectivity index (χ1v) is 9.07. The molecule has 8 nitrogen and oxygen atoms in total. The maximum Gasteiger partial charge on any atom is 0.282 e. The quantitative estimate of drug-likeness (QED) is 0.606. The van der Waals surface area contributed by atoms with Crippen LogP contribution in [-0.4, -0.2) is 51.5 Å². The van der Waals surface area contributed by atoms with Crippen LogP contribution in [0, 0.1) is 0 Å². The molecule has 0 saturated carbocycles. The second-order valence-electron chi connectivity index (χ2n) is 4.87. The normalized spacial score (nSPS) is 14.2. The zero-order valence-corrected chi connectivity index (χ0v) is 14.1. The predicted octanol–water partition coefficient (Wildman–Crippen LogP) is 1.24. The van der Waals surface area contributed by atoms with Gasteiger partial charge in [-0.15, -0.1) is 0 Å². The van der Waals surface area contributed by atoms with E-state index in [4.69, 9.17) is 4.42 Å². The minimum atomic E-state index is -0.439. The second kappa shape index (κ2) is 7.58. The van der Waals surface area contributed by atoms with Gasteiger partial charge in [-0.25, -0.2) is 4.98 Å². The van der Waals surface area contributed by atoms with Gasteiger partial charge in [-0.3, -0.25) is 25.2 Å². The maximum atomic E-state index is 11.7. The van der Waals surface area contributed by atoms with E-state index >= 15 is 0 Å². The van der Waals surface area contributed by atoms with Crippen LogP contribution in [0.15, 0.2) is 33.9 Å². The van der Waals surface area contributed by atoms with Crippen LogP contribution >= 0.6 is 23.5 Å². The third-order valence-electron chi connectivity index (χ3n) is 3.12. The number of amides is 3. The summed E-state index contributed by atoms with van der Waals surface area (Å²) in [5, 5.41) is 0.264. The first-order chi connectivity index (χ1) is 11.6. The fourth-order valence-electron chi connectivity index (χ4n) is 2.00. The molecule has 1 aromatic heterocycles. The molecule has 0 aliphatic carbocycles. The molecule has 24 heavy (non-hydrogen) atoms. The van der Waals surface area contributed by atoms with Crippen LogP contribution in [0.2, 0.25) is 0 Å². The van der Waals surface area contributed by atoms with Crippen molar-refractivity contribution in [3.63, 3.8) is 0 Å². The molecular formula is C14H14N4O4S2. The Kier molecular flexibility index (Phi) is 5.26. The molecule has 1 aliphatic rings. The van der Waals surface area contributed by atoms with Crippen molar-refractivity contribution in [2.75, 3.05) is 24.6 Å². The number of carbonyl (C=O) groups is 3. The highest BCUT2D eigenvalue weighted by Crippen LogP contribution is 2.22. The number of benzene rings is 1. The van der Waals surface area contributed by atoms with Crippen molar-refractivity contribution in [3.05, 3.63) is 24.3 Å². The van der Waals surface area contributed by atoms with Gasteiger partial charge in [0.25, 0.3) is 16.4 Å². The van der Waals surface area contributed by atoms with Crippen molar-refractivity contribution in [2.45, 2.75) is 5.22 Å². The van der Waals surface area contributed by atoms with Gasteiger partial charge < -0.3 is 9.32 Å². The minimum absolute atomic E-state index is 0.0472. The summed E-state index contributed by atoms with van der Waals surface area (Å²) >= 11 is 2.31. The number of hydrazine groups is 1. The van der Waals surface area contributed by atoms with E-state index in [1.807, 2.05) is 18.2 Å². The molecule has 2 N–H and O–H groups in total. The van der Waals surface area contributed by atoms with Crippen LogP contribution in [-0.2, 0) is 9.59 Å². The summed E-state index contributed by atoms with van der Waals surface area (Å²) in [5.74, 6) is -0.102. The number of fused-ring (bicyclic) bond motifs is 1. The average molecular weight is 366 g/mol. The minimum Gasteiger partial charge on any atom is -0.431 e. The Balaban J connectivity index is 1.40. The molecule has 3 rings (SSSR count). The molecule has 0 unspecified atom stereocenters. The van der Waals surface area contributed by atoms with Gasteiger partial charge in [-0.2, -0.15) is 0 Å². The Morgan fingerprint density at radius 2 is 2.08 bits per heavy atom. The van der Waals surface area contributed by atoms with Crippen LogP contribution in [0.4, 0.5) is 4.79 Å². The van der Waals surface area contributed by atoms with E-state index in [1.54, 1.807) is 6.07 Å². The number of rotatable bonds is 5. The summed E-state index contributed by atoms with van der Waals surface area (Å²) in [6, 6.07) is 7.31. The number of aromatic nitrogens is 1. The highest BCUT2D eigenvalue weighted by molar-refractivity contribution is 8.13. The number of thioether (sulfide) groups is 2. The highest BCUT2D eigenvalue weighted by atomic mass is 32.2. The Labute approximate surface area is 145 Å². The fraction of sp³-hybridized carbons (Fsp3) is 0.286. The van der Waals surface area contributed by atoms with Crippen molar-refractivity contribution in [2.24, 2.45) is 0 Å².